The highest BCUT2D eigenvalue weighted by Gasteiger charge is 2.28. The summed E-state index contributed by atoms with van der Waals surface area (Å²) in [5.74, 6) is -0.0592. The number of hydrogen-bond acceptors (Lipinski definition) is 2. The molecule has 0 unspecified atom stereocenters. The lowest BCUT2D eigenvalue weighted by Crippen LogP contribution is -2.36. The monoisotopic (exact) mass is 306 g/mol. The predicted octanol–water partition coefficient (Wildman–Crippen LogP) is 4.74. The van der Waals surface area contributed by atoms with Crippen LogP contribution >= 0.6 is 0 Å². The molecule has 0 spiro atoms. The maximum absolute atomic E-state index is 12.7. The number of hydrogen-bond donors (Lipinski definition) is 0. The van der Waals surface area contributed by atoms with Gasteiger partial charge in [-0.1, -0.05) is 75.9 Å². The predicted molar refractivity (Wildman–Crippen MR) is 97.5 cm³/mol. The molecule has 0 atom stereocenters. The Bertz CT molecular complexity index is 712. The van der Waals surface area contributed by atoms with E-state index in [1.54, 1.807) is 12.3 Å². The molecule has 118 valence electrons. The summed E-state index contributed by atoms with van der Waals surface area (Å²) >= 11 is 0. The Balaban J connectivity index is 2.41. The number of rotatable bonds is 4. The molecule has 3 heteroatoms. The van der Waals surface area contributed by atoms with Crippen molar-refractivity contribution in [3.63, 3.8) is 0 Å². The topological polar surface area (TPSA) is 32.7 Å². The number of benzene rings is 2. The van der Waals surface area contributed by atoms with Crippen molar-refractivity contribution < 1.29 is 4.79 Å². The molecule has 0 aliphatic heterocycles. The third-order valence-corrected chi connectivity index (χ3v) is 3.36. The Kier molecular flexibility index (Phi) is 5.12. The molecule has 1 amide bonds. The lowest BCUT2D eigenvalue weighted by molar-refractivity contribution is -0.125. The van der Waals surface area contributed by atoms with Crippen LogP contribution in [0.25, 0.3) is 6.08 Å². The number of carbonyl (C=O) groups is 1. The molecule has 0 saturated heterocycles. The molecule has 2 rings (SSSR count). The van der Waals surface area contributed by atoms with Gasteiger partial charge in [-0.3, -0.25) is 4.79 Å². The van der Waals surface area contributed by atoms with E-state index in [9.17, 15) is 4.79 Å². The zero-order chi connectivity index (χ0) is 16.9. The van der Waals surface area contributed by atoms with Gasteiger partial charge in [0.25, 0.3) is 5.91 Å². The molecule has 3 nitrogen and oxygen atoms in total. The fourth-order valence-corrected chi connectivity index (χ4v) is 2.06. The van der Waals surface area contributed by atoms with E-state index in [2.05, 4.69) is 11.7 Å². The second-order valence-corrected chi connectivity index (χ2v) is 6.28. The first-order valence-corrected chi connectivity index (χ1v) is 7.58. The minimum absolute atomic E-state index is 0.0592. The summed E-state index contributed by atoms with van der Waals surface area (Å²) in [7, 11) is 0. The van der Waals surface area contributed by atoms with Crippen LogP contribution in [0.3, 0.4) is 0 Å². The normalized spacial score (nSPS) is 11.4. The lowest BCUT2D eigenvalue weighted by Gasteiger charge is -2.25. The van der Waals surface area contributed by atoms with Crippen LogP contribution in [0, 0.1) is 5.41 Å². The van der Waals surface area contributed by atoms with E-state index >= 15 is 0 Å². The maximum Gasteiger partial charge on any atom is 0.252 e. The second-order valence-electron chi connectivity index (χ2n) is 6.28. The van der Waals surface area contributed by atoms with Gasteiger partial charge in [0.05, 0.1) is 11.9 Å². The van der Waals surface area contributed by atoms with Crippen LogP contribution in [0.2, 0.25) is 0 Å². The van der Waals surface area contributed by atoms with E-state index in [1.807, 2.05) is 75.4 Å². The fourth-order valence-electron chi connectivity index (χ4n) is 2.06. The molecular formula is C20H22N2O. The van der Waals surface area contributed by atoms with Crippen LogP contribution < -0.4 is 5.01 Å². The Labute approximate surface area is 138 Å². The summed E-state index contributed by atoms with van der Waals surface area (Å²) in [6, 6.07) is 17.3. The summed E-state index contributed by atoms with van der Waals surface area (Å²) in [4.78, 5) is 12.7. The lowest BCUT2D eigenvalue weighted by atomic mass is 9.95. The van der Waals surface area contributed by atoms with E-state index in [0.29, 0.717) is 0 Å². The van der Waals surface area contributed by atoms with E-state index in [4.69, 9.17) is 0 Å². The first kappa shape index (κ1) is 16.7. The van der Waals surface area contributed by atoms with Crippen molar-refractivity contribution in [1.82, 2.24) is 0 Å². The Morgan fingerprint density at radius 2 is 1.57 bits per heavy atom. The summed E-state index contributed by atoms with van der Waals surface area (Å²) in [6.45, 7) is 9.47. The second kappa shape index (κ2) is 7.05. The number of nitrogens with zero attached hydrogens (tertiary/aromatic N) is 2. The maximum atomic E-state index is 12.7. The number of hydrazone groups is 1. The third kappa shape index (κ3) is 4.16. The van der Waals surface area contributed by atoms with Crippen LogP contribution in [0.15, 0.2) is 66.3 Å². The molecule has 0 fully saturated rings. The van der Waals surface area contributed by atoms with Crippen molar-refractivity contribution in [2.45, 2.75) is 20.8 Å². The number of amides is 1. The SMILES string of the molecule is C=Cc1ccccc1/C=N/N(C(=O)C(C)(C)C)c1ccccc1. The number of para-hydroxylation sites is 1. The average Bonchev–Trinajstić information content (AvgIpc) is 2.55. The molecule has 23 heavy (non-hydrogen) atoms. The highest BCUT2D eigenvalue weighted by atomic mass is 16.2. The molecule has 0 bridgehead atoms. The molecule has 0 saturated carbocycles. The smallest absolute Gasteiger partial charge is 0.252 e. The highest BCUT2D eigenvalue weighted by molar-refractivity contribution is 5.98. The van der Waals surface area contributed by atoms with Crippen LogP contribution in [-0.4, -0.2) is 12.1 Å². The van der Waals surface area contributed by atoms with Gasteiger partial charge in [-0.05, 0) is 17.7 Å². The van der Waals surface area contributed by atoms with Crippen molar-refractivity contribution in [1.29, 1.82) is 0 Å². The quantitative estimate of drug-likeness (QED) is 0.593. The van der Waals surface area contributed by atoms with Crippen molar-refractivity contribution in [2.75, 3.05) is 5.01 Å². The largest absolute Gasteiger partial charge is 0.272 e. The van der Waals surface area contributed by atoms with Gasteiger partial charge in [0.1, 0.15) is 0 Å². The molecule has 0 heterocycles. The van der Waals surface area contributed by atoms with Gasteiger partial charge < -0.3 is 0 Å². The van der Waals surface area contributed by atoms with Crippen LogP contribution in [0.1, 0.15) is 31.9 Å². The van der Waals surface area contributed by atoms with E-state index in [0.717, 1.165) is 16.8 Å². The van der Waals surface area contributed by atoms with Gasteiger partial charge in [-0.2, -0.15) is 5.10 Å². The zero-order valence-corrected chi connectivity index (χ0v) is 13.9. The summed E-state index contributed by atoms with van der Waals surface area (Å²) in [5, 5.41) is 5.91. The summed E-state index contributed by atoms with van der Waals surface area (Å²) < 4.78 is 0. The van der Waals surface area contributed by atoms with Gasteiger partial charge in [-0.15, -0.1) is 0 Å². The minimum atomic E-state index is -0.523. The molecule has 0 radical (unpaired) electrons. The molecule has 0 aliphatic rings. The van der Waals surface area contributed by atoms with Gasteiger partial charge in [0.15, 0.2) is 0 Å². The number of carbonyl (C=O) groups excluding carboxylic acids is 1. The number of anilines is 1. The molecule has 2 aromatic rings. The van der Waals surface area contributed by atoms with Gasteiger partial charge >= 0.3 is 0 Å². The Morgan fingerprint density at radius 1 is 1.00 bits per heavy atom. The van der Waals surface area contributed by atoms with E-state index in [-0.39, 0.29) is 5.91 Å². The van der Waals surface area contributed by atoms with Crippen molar-refractivity contribution in [2.24, 2.45) is 10.5 Å². The van der Waals surface area contributed by atoms with Crippen molar-refractivity contribution >= 4 is 23.9 Å². The standard InChI is InChI=1S/C20H22N2O/c1-5-16-11-9-10-12-17(16)15-21-22(19(23)20(2,3)4)18-13-7-6-8-14-18/h5-15H,1H2,2-4H3/b21-15+. The zero-order valence-electron chi connectivity index (χ0n) is 13.9. The van der Waals surface area contributed by atoms with Crippen LogP contribution in [0.4, 0.5) is 5.69 Å². The molecule has 0 aliphatic carbocycles. The highest BCUT2D eigenvalue weighted by Crippen LogP contribution is 2.23. The Hall–Kier alpha value is -2.68. The third-order valence-electron chi connectivity index (χ3n) is 3.36. The first-order chi connectivity index (χ1) is 10.9. The van der Waals surface area contributed by atoms with Crippen LogP contribution in [-0.2, 0) is 4.79 Å². The molecule has 0 aromatic heterocycles. The van der Waals surface area contributed by atoms with Crippen molar-refractivity contribution in [3.8, 4) is 0 Å². The minimum Gasteiger partial charge on any atom is -0.272 e. The summed E-state index contributed by atoms with van der Waals surface area (Å²) in [5.41, 5.74) is 2.13. The van der Waals surface area contributed by atoms with Gasteiger partial charge in [-0.25, -0.2) is 5.01 Å². The van der Waals surface area contributed by atoms with Crippen molar-refractivity contribution in [3.05, 3.63) is 72.3 Å². The first-order valence-electron chi connectivity index (χ1n) is 7.58. The van der Waals surface area contributed by atoms with E-state index in [1.165, 1.54) is 5.01 Å². The van der Waals surface area contributed by atoms with E-state index < -0.39 is 5.41 Å². The molecule has 2 aromatic carbocycles. The summed E-state index contributed by atoms with van der Waals surface area (Å²) in [6.07, 6.45) is 3.48. The Morgan fingerprint density at radius 3 is 2.13 bits per heavy atom. The molecular weight excluding hydrogens is 284 g/mol. The van der Waals surface area contributed by atoms with Gasteiger partial charge in [0, 0.05) is 11.0 Å². The van der Waals surface area contributed by atoms with Gasteiger partial charge in [0.2, 0.25) is 0 Å². The van der Waals surface area contributed by atoms with Crippen LogP contribution in [0.5, 0.6) is 0 Å². The average molecular weight is 306 g/mol. The molecule has 0 N–H and O–H groups in total. The fraction of sp³-hybridized carbons (Fsp3) is 0.200.